The van der Waals surface area contributed by atoms with Crippen LogP contribution >= 0.6 is 11.9 Å². The number of fused-ring (bicyclic) bond motifs is 1. The van der Waals surface area contributed by atoms with E-state index in [1.807, 2.05) is 30.8 Å². The predicted octanol–water partition coefficient (Wildman–Crippen LogP) is 4.00. The van der Waals surface area contributed by atoms with Crippen molar-refractivity contribution in [2.24, 2.45) is 0 Å². The van der Waals surface area contributed by atoms with Gasteiger partial charge in [0, 0.05) is 17.5 Å². The molecule has 2 radical (unpaired) electrons. The third kappa shape index (κ3) is 4.87. The normalized spacial score (nSPS) is 11.6. The highest BCUT2D eigenvalue weighted by molar-refractivity contribution is 7.99. The van der Waals surface area contributed by atoms with Gasteiger partial charge in [-0.1, -0.05) is 25.8 Å². The first-order valence-corrected chi connectivity index (χ1v) is 7.76. The van der Waals surface area contributed by atoms with Crippen molar-refractivity contribution in [1.29, 1.82) is 0 Å². The molecule has 0 spiro atoms. The lowest BCUT2D eigenvalue weighted by Gasteiger charge is -2.25. The number of aromatic nitrogens is 2. The van der Waals surface area contributed by atoms with Crippen LogP contribution in [0.1, 0.15) is 45.9 Å². The lowest BCUT2D eigenvalue weighted by Crippen LogP contribution is -2.20. The number of aryl methyl sites for hydroxylation is 1. The molecule has 2 aromatic heterocycles. The molecule has 0 aromatic carbocycles. The standard InChI is InChI=1S/C13H18BN3S.C2H6/c1-10-5-6-16-9-15-11(12(16)7-10)8-17(14)18-13(2,3)4;1-2/h5-7,9H,8H2,1-4H3;1-2H3. The Morgan fingerprint density at radius 2 is 2.00 bits per heavy atom. The van der Waals surface area contributed by atoms with Gasteiger partial charge in [-0.25, -0.2) is 4.98 Å². The number of rotatable bonds is 3. The largest absolute Gasteiger partial charge is 0.306 e. The summed E-state index contributed by atoms with van der Waals surface area (Å²) >= 11 is 1.63. The van der Waals surface area contributed by atoms with Crippen LogP contribution in [-0.2, 0) is 6.54 Å². The Morgan fingerprint density at radius 3 is 2.60 bits per heavy atom. The highest BCUT2D eigenvalue weighted by Crippen LogP contribution is 2.27. The highest BCUT2D eigenvalue weighted by atomic mass is 32.2. The van der Waals surface area contributed by atoms with Gasteiger partial charge in [0.05, 0.1) is 17.5 Å². The quantitative estimate of drug-likeness (QED) is 0.629. The molecule has 20 heavy (non-hydrogen) atoms. The Morgan fingerprint density at radius 1 is 1.35 bits per heavy atom. The van der Waals surface area contributed by atoms with Crippen LogP contribution in [-0.4, -0.2) is 26.3 Å². The minimum atomic E-state index is 0.111. The Labute approximate surface area is 128 Å². The van der Waals surface area contributed by atoms with Crippen LogP contribution in [0.25, 0.3) is 5.52 Å². The molecule has 2 heterocycles. The topological polar surface area (TPSA) is 20.5 Å². The molecule has 0 bridgehead atoms. The summed E-state index contributed by atoms with van der Waals surface area (Å²) in [5.41, 5.74) is 3.37. The molecule has 0 atom stereocenters. The van der Waals surface area contributed by atoms with Crippen LogP contribution in [0, 0.1) is 6.92 Å². The maximum Gasteiger partial charge on any atom is 0.200 e. The van der Waals surface area contributed by atoms with Crippen LogP contribution in [0.3, 0.4) is 0 Å². The van der Waals surface area contributed by atoms with Gasteiger partial charge in [-0.2, -0.15) is 0 Å². The monoisotopic (exact) mass is 289 g/mol. The van der Waals surface area contributed by atoms with E-state index in [-0.39, 0.29) is 4.75 Å². The minimum Gasteiger partial charge on any atom is -0.306 e. The van der Waals surface area contributed by atoms with E-state index in [9.17, 15) is 0 Å². The maximum absolute atomic E-state index is 6.03. The molecule has 0 aliphatic carbocycles. The maximum atomic E-state index is 6.03. The summed E-state index contributed by atoms with van der Waals surface area (Å²) in [7, 11) is 6.03. The van der Waals surface area contributed by atoms with Crippen molar-refractivity contribution in [2.75, 3.05) is 0 Å². The fraction of sp³-hybridized carbons (Fsp3) is 0.533. The second kappa shape index (κ2) is 7.18. The van der Waals surface area contributed by atoms with Gasteiger partial charge < -0.3 is 4.40 Å². The van der Waals surface area contributed by atoms with E-state index in [4.69, 9.17) is 7.98 Å². The van der Waals surface area contributed by atoms with Crippen molar-refractivity contribution in [1.82, 2.24) is 13.6 Å². The Balaban J connectivity index is 0.000000956. The molecule has 108 valence electrons. The zero-order chi connectivity index (χ0) is 15.3. The summed E-state index contributed by atoms with van der Waals surface area (Å²) in [6.07, 6.45) is 3.86. The summed E-state index contributed by atoms with van der Waals surface area (Å²) < 4.78 is 3.89. The summed E-state index contributed by atoms with van der Waals surface area (Å²) in [5.74, 6) is 0. The van der Waals surface area contributed by atoms with Gasteiger partial charge in [-0.3, -0.25) is 4.22 Å². The Bertz CT molecular complexity index is 546. The van der Waals surface area contributed by atoms with Crippen LogP contribution < -0.4 is 0 Å². The molecule has 0 aliphatic rings. The molecule has 3 nitrogen and oxygen atoms in total. The fourth-order valence-electron chi connectivity index (χ4n) is 1.80. The lowest BCUT2D eigenvalue weighted by molar-refractivity contribution is 0.675. The molecule has 0 unspecified atom stereocenters. The Kier molecular flexibility index (Phi) is 6.15. The van der Waals surface area contributed by atoms with E-state index < -0.39 is 0 Å². The lowest BCUT2D eigenvalue weighted by atomic mass is 10.2. The van der Waals surface area contributed by atoms with Gasteiger partial charge in [0.25, 0.3) is 0 Å². The van der Waals surface area contributed by atoms with Crippen molar-refractivity contribution in [2.45, 2.75) is 52.8 Å². The van der Waals surface area contributed by atoms with Crippen LogP contribution in [0.15, 0.2) is 24.7 Å². The zero-order valence-corrected chi connectivity index (χ0v) is 14.2. The van der Waals surface area contributed by atoms with Crippen LogP contribution in [0.5, 0.6) is 0 Å². The van der Waals surface area contributed by atoms with E-state index in [1.165, 1.54) is 5.56 Å². The van der Waals surface area contributed by atoms with Gasteiger partial charge in [-0.05, 0) is 45.4 Å². The molecule has 0 amide bonds. The smallest absolute Gasteiger partial charge is 0.200 e. The van der Waals surface area contributed by atoms with Crippen molar-refractivity contribution < 1.29 is 0 Å². The molecule has 2 rings (SSSR count). The average molecular weight is 289 g/mol. The predicted molar refractivity (Wildman–Crippen MR) is 89.9 cm³/mol. The van der Waals surface area contributed by atoms with Crippen molar-refractivity contribution in [3.63, 3.8) is 0 Å². The summed E-state index contributed by atoms with van der Waals surface area (Å²) in [4.78, 5) is 4.43. The van der Waals surface area contributed by atoms with E-state index in [1.54, 1.807) is 16.2 Å². The number of pyridine rings is 1. The first-order chi connectivity index (χ1) is 9.35. The molecule has 2 aromatic rings. The van der Waals surface area contributed by atoms with Crippen molar-refractivity contribution in [3.8, 4) is 0 Å². The number of nitrogens with zero attached hydrogens (tertiary/aromatic N) is 3. The molecule has 5 heteroatoms. The molecule has 0 aliphatic heterocycles. The summed E-state index contributed by atoms with van der Waals surface area (Å²) in [5, 5.41) is 0. The van der Waals surface area contributed by atoms with E-state index in [0.29, 0.717) is 6.54 Å². The Hall–Kier alpha value is -0.935. The van der Waals surface area contributed by atoms with E-state index in [2.05, 4.69) is 44.8 Å². The molecular weight excluding hydrogens is 265 g/mol. The van der Waals surface area contributed by atoms with Crippen LogP contribution in [0.4, 0.5) is 0 Å². The minimum absolute atomic E-state index is 0.111. The van der Waals surface area contributed by atoms with Gasteiger partial charge in [0.2, 0.25) is 0 Å². The van der Waals surface area contributed by atoms with Gasteiger partial charge in [0.1, 0.15) is 0 Å². The third-order valence-electron chi connectivity index (χ3n) is 2.47. The van der Waals surface area contributed by atoms with E-state index >= 15 is 0 Å². The molecule has 0 saturated carbocycles. The van der Waals surface area contributed by atoms with E-state index in [0.717, 1.165) is 11.2 Å². The van der Waals surface area contributed by atoms with Gasteiger partial charge in [-0.15, -0.1) is 0 Å². The number of hydrogen-bond donors (Lipinski definition) is 0. The SMILES string of the molecule is CC.[B]N(Cc1ncn2ccc(C)cc12)SC(C)(C)C. The number of imidazole rings is 1. The average Bonchev–Trinajstić information content (AvgIpc) is 2.72. The summed E-state index contributed by atoms with van der Waals surface area (Å²) in [6, 6.07) is 4.21. The van der Waals surface area contributed by atoms with Crippen LogP contribution in [0.2, 0.25) is 0 Å². The first-order valence-electron chi connectivity index (χ1n) is 6.99. The molecular formula is C15H24BN3S. The zero-order valence-electron chi connectivity index (χ0n) is 13.3. The van der Waals surface area contributed by atoms with Gasteiger partial charge in [0.15, 0.2) is 7.98 Å². The van der Waals surface area contributed by atoms with Crippen molar-refractivity contribution >= 4 is 25.4 Å². The second-order valence-corrected chi connectivity index (χ2v) is 7.34. The van der Waals surface area contributed by atoms with Gasteiger partial charge >= 0.3 is 0 Å². The fourth-order valence-corrected chi connectivity index (χ4v) is 2.69. The first kappa shape index (κ1) is 17.1. The third-order valence-corrected chi connectivity index (χ3v) is 3.38. The molecule has 0 saturated heterocycles. The second-order valence-electron chi connectivity index (χ2n) is 5.47. The molecule has 0 N–H and O–H groups in total. The summed E-state index contributed by atoms with van der Waals surface area (Å²) in [6.45, 7) is 13.2. The van der Waals surface area contributed by atoms with Crippen molar-refractivity contribution in [3.05, 3.63) is 35.9 Å². The number of hydrogen-bond acceptors (Lipinski definition) is 3. The highest BCUT2D eigenvalue weighted by Gasteiger charge is 2.15. The molecule has 0 fully saturated rings.